The summed E-state index contributed by atoms with van der Waals surface area (Å²) in [5.41, 5.74) is 6.75. The van der Waals surface area contributed by atoms with E-state index < -0.39 is 29.4 Å². The number of nitrogens with two attached hydrogens (primary N) is 1. The van der Waals surface area contributed by atoms with E-state index in [1.807, 2.05) is 24.3 Å². The van der Waals surface area contributed by atoms with Gasteiger partial charge in [0.1, 0.15) is 5.60 Å². The van der Waals surface area contributed by atoms with E-state index in [0.717, 1.165) is 18.1 Å². The number of aliphatic carboxylic acids is 2. The minimum absolute atomic E-state index is 0.139. The third-order valence-electron chi connectivity index (χ3n) is 2.89. The maximum atomic E-state index is 11.8. The minimum Gasteiger partial charge on any atom is -0.481 e. The molecule has 0 heterocycles. The summed E-state index contributed by atoms with van der Waals surface area (Å²) in [5, 5.41) is 16.7. The minimum atomic E-state index is -1.00. The summed E-state index contributed by atoms with van der Waals surface area (Å²) in [7, 11) is 0. The molecule has 0 aliphatic rings. The van der Waals surface area contributed by atoms with Gasteiger partial charge in [0.2, 0.25) is 0 Å². The third kappa shape index (κ3) is 11.7. The van der Waals surface area contributed by atoms with Crippen molar-refractivity contribution >= 4 is 17.9 Å². The van der Waals surface area contributed by atoms with Crippen LogP contribution in [-0.2, 0) is 32.1 Å². The molecule has 0 amide bonds. The monoisotopic (exact) mass is 353 g/mol. The summed E-state index contributed by atoms with van der Waals surface area (Å²) in [6.45, 7) is 6.75. The van der Waals surface area contributed by atoms with Crippen LogP contribution in [-0.4, -0.2) is 33.7 Å². The van der Waals surface area contributed by atoms with Crippen molar-refractivity contribution in [1.29, 1.82) is 0 Å². The highest BCUT2D eigenvalue weighted by atomic mass is 16.6. The molecule has 4 N–H and O–H groups in total. The van der Waals surface area contributed by atoms with Crippen molar-refractivity contribution in [3.8, 4) is 0 Å². The molecule has 0 spiro atoms. The molecule has 7 heteroatoms. The van der Waals surface area contributed by atoms with Crippen molar-refractivity contribution < 1.29 is 29.3 Å². The lowest BCUT2D eigenvalue weighted by atomic mass is 9.95. The lowest BCUT2D eigenvalue weighted by molar-refractivity contribution is -0.159. The first-order chi connectivity index (χ1) is 11.4. The molecular weight excluding hydrogens is 326 g/mol. The number of esters is 1. The summed E-state index contributed by atoms with van der Waals surface area (Å²) in [5.74, 6) is -3.13. The Morgan fingerprint density at radius 1 is 1.16 bits per heavy atom. The molecule has 1 rings (SSSR count). The number of benzene rings is 1. The van der Waals surface area contributed by atoms with E-state index in [1.54, 1.807) is 20.8 Å². The van der Waals surface area contributed by atoms with Gasteiger partial charge in [-0.3, -0.25) is 14.4 Å². The van der Waals surface area contributed by atoms with E-state index in [-0.39, 0.29) is 12.8 Å². The average molecular weight is 353 g/mol. The highest BCUT2D eigenvalue weighted by Gasteiger charge is 2.25. The number of ether oxygens (including phenoxy) is 1. The first kappa shape index (κ1) is 22.6. The number of carboxylic acids is 2. The van der Waals surface area contributed by atoms with E-state index in [1.165, 1.54) is 0 Å². The van der Waals surface area contributed by atoms with Crippen LogP contribution in [0.4, 0.5) is 0 Å². The maximum Gasteiger partial charge on any atom is 0.307 e. The number of carbonyl (C=O) groups is 3. The van der Waals surface area contributed by atoms with Gasteiger partial charge in [-0.15, -0.1) is 0 Å². The Labute approximate surface area is 147 Å². The van der Waals surface area contributed by atoms with Crippen LogP contribution in [0.25, 0.3) is 0 Å². The molecule has 0 aromatic heterocycles. The predicted octanol–water partition coefficient (Wildman–Crippen LogP) is 2.21. The van der Waals surface area contributed by atoms with Crippen molar-refractivity contribution in [3.63, 3.8) is 0 Å². The highest BCUT2D eigenvalue weighted by molar-refractivity contribution is 5.79. The Morgan fingerprint density at radius 2 is 1.68 bits per heavy atom. The Hall–Kier alpha value is -2.41. The van der Waals surface area contributed by atoms with E-state index in [0.29, 0.717) is 6.54 Å². The van der Waals surface area contributed by atoms with Gasteiger partial charge in [0.25, 0.3) is 5.97 Å². The second kappa shape index (κ2) is 10.5. The van der Waals surface area contributed by atoms with Crippen LogP contribution in [0, 0.1) is 5.92 Å². The molecule has 0 aliphatic heterocycles. The fourth-order valence-corrected chi connectivity index (χ4v) is 2.00. The normalized spacial score (nSPS) is 11.7. The van der Waals surface area contributed by atoms with E-state index in [4.69, 9.17) is 20.4 Å². The van der Waals surface area contributed by atoms with Crippen LogP contribution in [0.2, 0.25) is 0 Å². The van der Waals surface area contributed by atoms with Crippen LogP contribution in [0.15, 0.2) is 24.3 Å². The fraction of sp³-hybridized carbons (Fsp3) is 0.500. The summed E-state index contributed by atoms with van der Waals surface area (Å²) < 4.78 is 5.18. The summed E-state index contributed by atoms with van der Waals surface area (Å²) in [6, 6.07) is 7.42. The van der Waals surface area contributed by atoms with Gasteiger partial charge in [0.05, 0.1) is 12.3 Å². The van der Waals surface area contributed by atoms with Gasteiger partial charge in [-0.05, 0) is 38.3 Å². The average Bonchev–Trinajstić information content (AvgIpc) is 2.44. The van der Waals surface area contributed by atoms with Crippen LogP contribution in [0.1, 0.15) is 45.2 Å². The summed E-state index contributed by atoms with van der Waals surface area (Å²) in [6.07, 6.45) is 0.141. The highest BCUT2D eigenvalue weighted by Crippen LogP contribution is 2.17. The Morgan fingerprint density at radius 3 is 2.12 bits per heavy atom. The molecule has 0 bridgehead atoms. The van der Waals surface area contributed by atoms with Gasteiger partial charge in [0.15, 0.2) is 0 Å². The SMILES string of the molecule is CC(=O)O.CC(C)(C)OC(=O)C[C@H](Cc1cccc(CN)c1)C(=O)O. The van der Waals surface area contributed by atoms with Crippen molar-refractivity contribution in [1.82, 2.24) is 0 Å². The summed E-state index contributed by atoms with van der Waals surface area (Å²) in [4.78, 5) is 32.1. The number of rotatable bonds is 6. The molecule has 1 aromatic carbocycles. The van der Waals surface area contributed by atoms with E-state index in [2.05, 4.69) is 0 Å². The molecule has 1 aromatic rings. The van der Waals surface area contributed by atoms with Crippen molar-refractivity contribution in [2.24, 2.45) is 11.7 Å². The largest absolute Gasteiger partial charge is 0.481 e. The molecular formula is C18H27NO6. The molecule has 0 saturated carbocycles. The summed E-state index contributed by atoms with van der Waals surface area (Å²) >= 11 is 0. The number of carbonyl (C=O) groups excluding carboxylic acids is 1. The Balaban J connectivity index is 0.00000129. The van der Waals surface area contributed by atoms with Gasteiger partial charge < -0.3 is 20.7 Å². The molecule has 0 radical (unpaired) electrons. The fourth-order valence-electron chi connectivity index (χ4n) is 2.00. The van der Waals surface area contributed by atoms with Crippen molar-refractivity contribution in [2.75, 3.05) is 0 Å². The van der Waals surface area contributed by atoms with Gasteiger partial charge >= 0.3 is 11.9 Å². The van der Waals surface area contributed by atoms with E-state index in [9.17, 15) is 14.7 Å². The molecule has 140 valence electrons. The first-order valence-electron chi connectivity index (χ1n) is 7.86. The van der Waals surface area contributed by atoms with Gasteiger partial charge in [0, 0.05) is 13.5 Å². The third-order valence-corrected chi connectivity index (χ3v) is 2.89. The standard InChI is InChI=1S/C16H23NO4.C2H4O2/c1-16(2,3)21-14(18)9-13(15(19)20)8-11-5-4-6-12(7-11)10-17;1-2(3)4/h4-7,13H,8-10,17H2,1-3H3,(H,19,20);1H3,(H,3,4)/t13-;/m0./s1. The second-order valence-electron chi connectivity index (χ2n) is 6.57. The Kier molecular flexibility index (Phi) is 9.45. The smallest absolute Gasteiger partial charge is 0.307 e. The Bertz CT molecular complexity index is 587. The quantitative estimate of drug-likeness (QED) is 0.669. The number of carboxylic acid groups (broad SMARTS) is 2. The molecule has 1 atom stereocenters. The lowest BCUT2D eigenvalue weighted by Gasteiger charge is -2.21. The van der Waals surface area contributed by atoms with E-state index >= 15 is 0 Å². The second-order valence-corrected chi connectivity index (χ2v) is 6.57. The first-order valence-corrected chi connectivity index (χ1v) is 7.86. The van der Waals surface area contributed by atoms with Gasteiger partial charge in [-0.2, -0.15) is 0 Å². The molecule has 0 saturated heterocycles. The number of hydrogen-bond acceptors (Lipinski definition) is 5. The zero-order valence-corrected chi connectivity index (χ0v) is 15.1. The van der Waals surface area contributed by atoms with Crippen molar-refractivity contribution in [2.45, 2.75) is 52.7 Å². The van der Waals surface area contributed by atoms with Gasteiger partial charge in [-0.25, -0.2) is 0 Å². The predicted molar refractivity (Wildman–Crippen MR) is 92.9 cm³/mol. The number of hydrogen-bond donors (Lipinski definition) is 3. The zero-order chi connectivity index (χ0) is 19.6. The molecule has 0 unspecified atom stereocenters. The van der Waals surface area contributed by atoms with Crippen molar-refractivity contribution in [3.05, 3.63) is 35.4 Å². The topological polar surface area (TPSA) is 127 Å². The molecule has 7 nitrogen and oxygen atoms in total. The zero-order valence-electron chi connectivity index (χ0n) is 15.1. The molecule has 25 heavy (non-hydrogen) atoms. The van der Waals surface area contributed by atoms with Crippen LogP contribution < -0.4 is 5.73 Å². The molecule has 0 fully saturated rings. The van der Waals surface area contributed by atoms with Crippen LogP contribution >= 0.6 is 0 Å². The van der Waals surface area contributed by atoms with Crippen LogP contribution in [0.3, 0.4) is 0 Å². The maximum absolute atomic E-state index is 11.8. The van der Waals surface area contributed by atoms with Gasteiger partial charge in [-0.1, -0.05) is 24.3 Å². The molecule has 0 aliphatic carbocycles. The lowest BCUT2D eigenvalue weighted by Crippen LogP contribution is -2.28. The van der Waals surface area contributed by atoms with Crippen LogP contribution in [0.5, 0.6) is 0 Å².